The Hall–Kier alpha value is -7.62. The summed E-state index contributed by atoms with van der Waals surface area (Å²) in [5.74, 6) is 0. The minimum absolute atomic E-state index is 0.765. The maximum absolute atomic E-state index is 2.48. The van der Waals surface area contributed by atoms with E-state index < -0.39 is 5.41 Å². The molecule has 0 bridgehead atoms. The number of fused-ring (bicyclic) bond motifs is 2. The molecule has 0 aromatic heterocycles. The van der Waals surface area contributed by atoms with E-state index in [-0.39, 0.29) is 0 Å². The van der Waals surface area contributed by atoms with Gasteiger partial charge in [0, 0.05) is 39.8 Å². The molecule has 0 atom stereocenters. The zero-order valence-electron chi connectivity index (χ0n) is 41.2. The third-order valence-corrected chi connectivity index (χ3v) is 13.6. The molecule has 1 aliphatic rings. The van der Waals surface area contributed by atoms with E-state index in [1.165, 1.54) is 77.9 Å². The van der Waals surface area contributed by atoms with Gasteiger partial charge < -0.3 is 14.7 Å². The standard InChI is InChI=1S/C65H61N3/c1-42-21-24-54(25-22-42)68-63-20-12-11-19-61(63)65(62-39-43(2)23-26-64(62)68,52-15-13-17-55(40-52)66(57-31-44(3)27-45(4)32-57)58-33-46(5)28-47(6)34-58)53-16-14-18-56(41-53)67(59-35-48(7)29-49(8)36-59)60-37-50(9)30-51(10)38-60/h11-41H,1-10H3. The van der Waals surface area contributed by atoms with Crippen LogP contribution in [0, 0.1) is 69.2 Å². The van der Waals surface area contributed by atoms with E-state index in [4.69, 9.17) is 0 Å². The van der Waals surface area contributed by atoms with Crippen LogP contribution >= 0.6 is 0 Å². The van der Waals surface area contributed by atoms with Crippen molar-refractivity contribution in [2.45, 2.75) is 74.7 Å². The van der Waals surface area contributed by atoms with Crippen LogP contribution in [0.25, 0.3) is 0 Å². The van der Waals surface area contributed by atoms with Gasteiger partial charge in [-0.05, 0) is 233 Å². The maximum atomic E-state index is 2.48. The molecule has 9 aromatic carbocycles. The summed E-state index contributed by atoms with van der Waals surface area (Å²) >= 11 is 0. The summed E-state index contributed by atoms with van der Waals surface area (Å²) in [7, 11) is 0. The number of para-hydroxylation sites is 1. The topological polar surface area (TPSA) is 9.72 Å². The van der Waals surface area contributed by atoms with Gasteiger partial charge >= 0.3 is 0 Å². The van der Waals surface area contributed by atoms with Crippen LogP contribution in [0.3, 0.4) is 0 Å². The van der Waals surface area contributed by atoms with Gasteiger partial charge in [-0.2, -0.15) is 0 Å². The predicted octanol–water partition coefficient (Wildman–Crippen LogP) is 17.9. The number of nitrogens with zero attached hydrogens (tertiary/aromatic N) is 3. The Balaban J connectivity index is 1.31. The van der Waals surface area contributed by atoms with Crippen molar-refractivity contribution in [2.24, 2.45) is 0 Å². The Morgan fingerprint density at radius 1 is 0.279 bits per heavy atom. The first-order valence-electron chi connectivity index (χ1n) is 24.0. The molecule has 10 rings (SSSR count). The number of anilines is 9. The molecule has 336 valence electrons. The second-order valence-electron chi connectivity index (χ2n) is 19.6. The van der Waals surface area contributed by atoms with E-state index in [0.29, 0.717) is 0 Å². The van der Waals surface area contributed by atoms with Gasteiger partial charge in [0.25, 0.3) is 0 Å². The lowest BCUT2D eigenvalue weighted by Gasteiger charge is -2.47. The lowest BCUT2D eigenvalue weighted by atomic mass is 9.62. The third-order valence-electron chi connectivity index (χ3n) is 13.6. The normalized spacial score (nSPS) is 12.6. The average molecular weight is 884 g/mol. The summed E-state index contributed by atoms with van der Waals surface area (Å²) in [4.78, 5) is 7.39. The van der Waals surface area contributed by atoms with Crippen LogP contribution < -0.4 is 14.7 Å². The van der Waals surface area contributed by atoms with E-state index in [0.717, 1.165) is 51.2 Å². The Morgan fingerprint density at radius 2 is 0.662 bits per heavy atom. The zero-order valence-corrected chi connectivity index (χ0v) is 41.2. The number of hydrogen-bond acceptors (Lipinski definition) is 3. The lowest BCUT2D eigenvalue weighted by Crippen LogP contribution is -2.38. The van der Waals surface area contributed by atoms with Crippen LogP contribution in [0.4, 0.5) is 51.2 Å². The van der Waals surface area contributed by atoms with Gasteiger partial charge in [-0.1, -0.05) is 102 Å². The monoisotopic (exact) mass is 883 g/mol. The minimum atomic E-state index is -0.765. The van der Waals surface area contributed by atoms with Crippen molar-refractivity contribution in [3.05, 3.63) is 266 Å². The fourth-order valence-electron chi connectivity index (χ4n) is 11.1. The zero-order chi connectivity index (χ0) is 47.4. The summed E-state index contributed by atoms with van der Waals surface area (Å²) in [6.45, 7) is 22.0. The van der Waals surface area contributed by atoms with E-state index in [2.05, 4.69) is 272 Å². The molecule has 0 saturated heterocycles. The van der Waals surface area contributed by atoms with Crippen LogP contribution in [0.2, 0.25) is 0 Å². The highest BCUT2D eigenvalue weighted by molar-refractivity contribution is 5.91. The summed E-state index contributed by atoms with van der Waals surface area (Å²) in [5, 5.41) is 0. The third kappa shape index (κ3) is 8.06. The highest BCUT2D eigenvalue weighted by Gasteiger charge is 2.47. The Bertz CT molecular complexity index is 3040. The molecule has 3 nitrogen and oxygen atoms in total. The molecule has 3 heteroatoms. The highest BCUT2D eigenvalue weighted by Crippen LogP contribution is 2.59. The van der Waals surface area contributed by atoms with Crippen molar-refractivity contribution in [3.63, 3.8) is 0 Å². The number of benzene rings is 9. The van der Waals surface area contributed by atoms with E-state index in [1.807, 2.05) is 0 Å². The van der Waals surface area contributed by atoms with Crippen LogP contribution in [0.15, 0.2) is 188 Å². The summed E-state index contributed by atoms with van der Waals surface area (Å²) in [6.07, 6.45) is 0. The number of hydrogen-bond donors (Lipinski definition) is 0. The average Bonchev–Trinajstić information content (AvgIpc) is 3.28. The fourth-order valence-corrected chi connectivity index (χ4v) is 11.1. The molecule has 1 aliphatic heterocycles. The van der Waals surface area contributed by atoms with E-state index >= 15 is 0 Å². The van der Waals surface area contributed by atoms with Crippen LogP contribution in [0.5, 0.6) is 0 Å². The van der Waals surface area contributed by atoms with Gasteiger partial charge in [0.05, 0.1) is 16.8 Å². The van der Waals surface area contributed by atoms with Crippen LogP contribution in [-0.2, 0) is 5.41 Å². The Morgan fingerprint density at radius 3 is 1.09 bits per heavy atom. The first kappa shape index (κ1) is 44.2. The van der Waals surface area contributed by atoms with Gasteiger partial charge in [0.1, 0.15) is 0 Å². The van der Waals surface area contributed by atoms with Crippen LogP contribution in [0.1, 0.15) is 77.9 Å². The second-order valence-corrected chi connectivity index (χ2v) is 19.6. The summed E-state index contributed by atoms with van der Waals surface area (Å²) in [6, 6.07) is 71.6. The molecule has 0 saturated carbocycles. The lowest BCUT2D eigenvalue weighted by molar-refractivity contribution is 0.730. The Labute approximate surface area is 404 Å². The van der Waals surface area contributed by atoms with Gasteiger partial charge in [0.2, 0.25) is 0 Å². The molecule has 68 heavy (non-hydrogen) atoms. The predicted molar refractivity (Wildman–Crippen MR) is 290 cm³/mol. The van der Waals surface area contributed by atoms with Gasteiger partial charge in [-0.25, -0.2) is 0 Å². The molecule has 0 fully saturated rings. The number of aryl methyl sites for hydroxylation is 10. The Kier molecular flexibility index (Phi) is 11.4. The van der Waals surface area contributed by atoms with Crippen molar-refractivity contribution in [1.29, 1.82) is 0 Å². The molecular weight excluding hydrogens is 823 g/mol. The summed E-state index contributed by atoms with van der Waals surface area (Å²) in [5.41, 5.74) is 26.6. The van der Waals surface area contributed by atoms with E-state index in [9.17, 15) is 0 Å². The SMILES string of the molecule is Cc1ccc(N2c3ccccc3C(c3cccc(N(c4cc(C)cc(C)c4)c4cc(C)cc(C)c4)c3)(c3cccc(N(c4cc(C)cc(C)c4)c4cc(C)cc(C)c4)c3)c3cc(C)ccc32)cc1. The smallest absolute Gasteiger partial charge is 0.0743 e. The van der Waals surface area contributed by atoms with Gasteiger partial charge in [-0.15, -0.1) is 0 Å². The van der Waals surface area contributed by atoms with Crippen molar-refractivity contribution >= 4 is 51.2 Å². The van der Waals surface area contributed by atoms with Crippen molar-refractivity contribution in [1.82, 2.24) is 0 Å². The maximum Gasteiger partial charge on any atom is 0.0743 e. The number of rotatable bonds is 9. The van der Waals surface area contributed by atoms with Gasteiger partial charge in [-0.3, -0.25) is 0 Å². The second kappa shape index (κ2) is 17.6. The molecule has 1 heterocycles. The molecule has 9 aromatic rings. The fraction of sp³-hybridized carbons (Fsp3) is 0.169. The highest BCUT2D eigenvalue weighted by atomic mass is 15.2. The van der Waals surface area contributed by atoms with Crippen LogP contribution in [-0.4, -0.2) is 0 Å². The first-order chi connectivity index (χ1) is 32.7. The molecule has 0 spiro atoms. The minimum Gasteiger partial charge on any atom is -0.310 e. The van der Waals surface area contributed by atoms with Crippen molar-refractivity contribution < 1.29 is 0 Å². The molecule has 0 unspecified atom stereocenters. The summed E-state index contributed by atoms with van der Waals surface area (Å²) < 4.78 is 0. The quantitative estimate of drug-likeness (QED) is 0.143. The van der Waals surface area contributed by atoms with Crippen molar-refractivity contribution in [3.8, 4) is 0 Å². The van der Waals surface area contributed by atoms with Crippen molar-refractivity contribution in [2.75, 3.05) is 14.7 Å². The van der Waals surface area contributed by atoms with E-state index in [1.54, 1.807) is 0 Å². The molecule has 0 radical (unpaired) electrons. The molecule has 0 N–H and O–H groups in total. The van der Waals surface area contributed by atoms with Gasteiger partial charge in [0.15, 0.2) is 0 Å². The first-order valence-corrected chi connectivity index (χ1v) is 24.0. The largest absolute Gasteiger partial charge is 0.310 e. The molecular formula is C65H61N3. The molecule has 0 aliphatic carbocycles. The molecule has 0 amide bonds.